The van der Waals surface area contributed by atoms with E-state index in [9.17, 15) is 9.18 Å². The lowest BCUT2D eigenvalue weighted by Crippen LogP contribution is -2.15. The predicted octanol–water partition coefficient (Wildman–Crippen LogP) is 4.90. The summed E-state index contributed by atoms with van der Waals surface area (Å²) in [4.78, 5) is 17.2. The van der Waals surface area contributed by atoms with Gasteiger partial charge in [0.2, 0.25) is 0 Å². The molecule has 1 aromatic heterocycles. The Morgan fingerprint density at radius 3 is 2.57 bits per heavy atom. The Bertz CT molecular complexity index is 935. The maximum absolute atomic E-state index is 13.6. The molecule has 0 saturated carbocycles. The molecule has 0 N–H and O–H groups in total. The number of hydrogen-bond acceptors (Lipinski definition) is 4. The number of aromatic nitrogens is 3. The van der Waals surface area contributed by atoms with Gasteiger partial charge in [0.1, 0.15) is 5.82 Å². The van der Waals surface area contributed by atoms with E-state index in [1.165, 1.54) is 44.1 Å². The molecule has 0 atom stereocenters. The van der Waals surface area contributed by atoms with Crippen LogP contribution in [-0.2, 0) is 6.42 Å². The molecule has 0 aliphatic heterocycles. The molecule has 28 heavy (non-hydrogen) atoms. The van der Waals surface area contributed by atoms with Crippen LogP contribution in [0.2, 0.25) is 0 Å². The van der Waals surface area contributed by atoms with Gasteiger partial charge in [0.15, 0.2) is 5.82 Å². The standard InChI is InChI=1S/C22H24FN3O2/c1-3-4-5-6-8-16-11-13-17(14-12-16)21(27)26-20(24-22(25-26)28-2)18-9-7-10-19(23)15-18/h7,9-15H,3-6,8H2,1-2H3. The van der Waals surface area contributed by atoms with E-state index in [4.69, 9.17) is 4.74 Å². The Hall–Kier alpha value is -3.02. The zero-order chi connectivity index (χ0) is 19.9. The summed E-state index contributed by atoms with van der Waals surface area (Å²) in [6, 6.07) is 13.5. The van der Waals surface area contributed by atoms with E-state index < -0.39 is 5.82 Å². The molecule has 0 saturated heterocycles. The van der Waals surface area contributed by atoms with Crippen molar-refractivity contribution in [2.24, 2.45) is 0 Å². The van der Waals surface area contributed by atoms with E-state index in [1.807, 2.05) is 12.1 Å². The zero-order valence-electron chi connectivity index (χ0n) is 16.2. The van der Waals surface area contributed by atoms with Crippen LogP contribution in [0.15, 0.2) is 48.5 Å². The predicted molar refractivity (Wildman–Crippen MR) is 106 cm³/mol. The minimum atomic E-state index is -0.411. The van der Waals surface area contributed by atoms with Crippen LogP contribution in [0.3, 0.4) is 0 Å². The lowest BCUT2D eigenvalue weighted by atomic mass is 10.0. The van der Waals surface area contributed by atoms with Gasteiger partial charge < -0.3 is 4.74 Å². The molecule has 0 aliphatic carbocycles. The van der Waals surface area contributed by atoms with Gasteiger partial charge in [-0.3, -0.25) is 4.79 Å². The van der Waals surface area contributed by atoms with Gasteiger partial charge >= 0.3 is 6.01 Å². The summed E-state index contributed by atoms with van der Waals surface area (Å²) in [5, 5.41) is 4.11. The molecular weight excluding hydrogens is 357 g/mol. The fourth-order valence-corrected chi connectivity index (χ4v) is 3.03. The Balaban J connectivity index is 1.83. The number of unbranched alkanes of at least 4 members (excludes halogenated alkanes) is 3. The second-order valence-electron chi connectivity index (χ2n) is 6.66. The number of carbonyl (C=O) groups is 1. The quantitative estimate of drug-likeness (QED) is 0.521. The number of hydrogen-bond donors (Lipinski definition) is 0. The van der Waals surface area contributed by atoms with Crippen molar-refractivity contribution in [2.75, 3.05) is 7.11 Å². The number of benzene rings is 2. The first-order valence-corrected chi connectivity index (χ1v) is 9.53. The molecule has 1 heterocycles. The van der Waals surface area contributed by atoms with Gasteiger partial charge in [-0.2, -0.15) is 9.67 Å². The average Bonchev–Trinajstić information content (AvgIpc) is 3.16. The van der Waals surface area contributed by atoms with Crippen molar-refractivity contribution in [1.29, 1.82) is 0 Å². The highest BCUT2D eigenvalue weighted by Gasteiger charge is 2.20. The van der Waals surface area contributed by atoms with Gasteiger partial charge in [-0.15, -0.1) is 5.10 Å². The fraction of sp³-hybridized carbons (Fsp3) is 0.318. The first kappa shape index (κ1) is 19.7. The molecule has 6 heteroatoms. The monoisotopic (exact) mass is 381 g/mol. The highest BCUT2D eigenvalue weighted by atomic mass is 19.1. The maximum Gasteiger partial charge on any atom is 0.336 e. The Morgan fingerprint density at radius 2 is 1.89 bits per heavy atom. The van der Waals surface area contributed by atoms with E-state index in [2.05, 4.69) is 17.0 Å². The Labute approximate surface area is 164 Å². The number of aryl methyl sites for hydroxylation is 1. The van der Waals surface area contributed by atoms with Crippen molar-refractivity contribution in [2.45, 2.75) is 39.0 Å². The van der Waals surface area contributed by atoms with Crippen LogP contribution in [-0.4, -0.2) is 27.8 Å². The lowest BCUT2D eigenvalue weighted by molar-refractivity contribution is 0.0945. The van der Waals surface area contributed by atoms with Crippen molar-refractivity contribution in [3.05, 3.63) is 65.5 Å². The average molecular weight is 381 g/mol. The second kappa shape index (κ2) is 9.26. The van der Waals surface area contributed by atoms with Crippen molar-refractivity contribution < 1.29 is 13.9 Å². The number of carbonyl (C=O) groups excluding carboxylic acids is 1. The van der Waals surface area contributed by atoms with Crippen LogP contribution in [0.25, 0.3) is 11.4 Å². The van der Waals surface area contributed by atoms with Gasteiger partial charge in [0.05, 0.1) is 7.11 Å². The van der Waals surface area contributed by atoms with Crippen LogP contribution in [0.1, 0.15) is 48.5 Å². The first-order chi connectivity index (χ1) is 13.6. The third-order valence-electron chi connectivity index (χ3n) is 4.57. The third kappa shape index (κ3) is 4.63. The van der Waals surface area contributed by atoms with Crippen LogP contribution in [0.5, 0.6) is 6.01 Å². The van der Waals surface area contributed by atoms with Crippen molar-refractivity contribution in [1.82, 2.24) is 14.8 Å². The number of halogens is 1. The van der Waals surface area contributed by atoms with E-state index >= 15 is 0 Å². The molecule has 0 unspecified atom stereocenters. The van der Waals surface area contributed by atoms with E-state index in [-0.39, 0.29) is 17.7 Å². The fourth-order valence-electron chi connectivity index (χ4n) is 3.03. The summed E-state index contributed by atoms with van der Waals surface area (Å²) in [6.07, 6.45) is 5.81. The first-order valence-electron chi connectivity index (χ1n) is 9.53. The van der Waals surface area contributed by atoms with Gasteiger partial charge in [0, 0.05) is 11.1 Å². The smallest absolute Gasteiger partial charge is 0.336 e. The molecule has 0 amide bonds. The molecule has 3 rings (SSSR count). The van der Waals surface area contributed by atoms with Gasteiger partial charge in [-0.1, -0.05) is 50.5 Å². The van der Waals surface area contributed by atoms with Crippen molar-refractivity contribution >= 4 is 5.91 Å². The highest BCUT2D eigenvalue weighted by Crippen LogP contribution is 2.22. The molecule has 0 aliphatic rings. The normalized spacial score (nSPS) is 10.8. The number of methoxy groups -OCH3 is 1. The Kier molecular flexibility index (Phi) is 6.53. The summed E-state index contributed by atoms with van der Waals surface area (Å²) in [5.74, 6) is -0.511. The summed E-state index contributed by atoms with van der Waals surface area (Å²) < 4.78 is 19.8. The molecular formula is C22H24FN3O2. The molecule has 146 valence electrons. The lowest BCUT2D eigenvalue weighted by Gasteiger charge is -2.06. The molecule has 3 aromatic rings. The topological polar surface area (TPSA) is 57.0 Å². The van der Waals surface area contributed by atoms with E-state index in [1.54, 1.807) is 24.3 Å². The minimum absolute atomic E-state index is 0.0557. The summed E-state index contributed by atoms with van der Waals surface area (Å²) in [6.45, 7) is 2.19. The molecule has 2 aromatic carbocycles. The summed E-state index contributed by atoms with van der Waals surface area (Å²) >= 11 is 0. The van der Waals surface area contributed by atoms with Gasteiger partial charge in [-0.25, -0.2) is 4.39 Å². The van der Waals surface area contributed by atoms with Gasteiger partial charge in [0.25, 0.3) is 5.91 Å². The second-order valence-corrected chi connectivity index (χ2v) is 6.66. The van der Waals surface area contributed by atoms with Crippen molar-refractivity contribution in [3.8, 4) is 17.4 Å². The Morgan fingerprint density at radius 1 is 1.11 bits per heavy atom. The highest BCUT2D eigenvalue weighted by molar-refractivity contribution is 5.97. The molecule has 0 fully saturated rings. The summed E-state index contributed by atoms with van der Waals surface area (Å²) in [7, 11) is 1.42. The van der Waals surface area contributed by atoms with Crippen molar-refractivity contribution in [3.63, 3.8) is 0 Å². The SMILES string of the molecule is CCCCCCc1ccc(C(=O)n2nc(OC)nc2-c2cccc(F)c2)cc1. The zero-order valence-corrected chi connectivity index (χ0v) is 16.2. The van der Waals surface area contributed by atoms with E-state index in [0.29, 0.717) is 11.1 Å². The van der Waals surface area contributed by atoms with Crippen LogP contribution in [0, 0.1) is 5.82 Å². The molecule has 0 radical (unpaired) electrons. The molecule has 0 spiro atoms. The van der Waals surface area contributed by atoms with E-state index in [0.717, 1.165) is 17.5 Å². The van der Waals surface area contributed by atoms with Gasteiger partial charge in [-0.05, 0) is 42.7 Å². The number of rotatable bonds is 8. The molecule has 0 bridgehead atoms. The maximum atomic E-state index is 13.6. The molecule has 5 nitrogen and oxygen atoms in total. The van der Waals surface area contributed by atoms with Crippen LogP contribution < -0.4 is 4.74 Å². The van der Waals surface area contributed by atoms with Crippen LogP contribution >= 0.6 is 0 Å². The largest absolute Gasteiger partial charge is 0.466 e. The van der Waals surface area contributed by atoms with Crippen LogP contribution in [0.4, 0.5) is 4.39 Å². The third-order valence-corrected chi connectivity index (χ3v) is 4.57. The number of ether oxygens (including phenoxy) is 1. The summed E-state index contributed by atoms with van der Waals surface area (Å²) in [5.41, 5.74) is 2.15. The number of nitrogens with zero attached hydrogens (tertiary/aromatic N) is 3. The minimum Gasteiger partial charge on any atom is -0.466 e.